The summed E-state index contributed by atoms with van der Waals surface area (Å²) in [5.41, 5.74) is 0.546. The molecule has 2 aromatic heterocycles. The van der Waals surface area contributed by atoms with Crippen molar-refractivity contribution in [3.05, 3.63) is 41.7 Å². The molecule has 1 aromatic carbocycles. The average Bonchev–Trinajstić information content (AvgIpc) is 3.13. The van der Waals surface area contributed by atoms with Crippen molar-refractivity contribution in [3.8, 4) is 17.6 Å². The molecule has 0 radical (unpaired) electrons. The number of benzene rings is 1. The van der Waals surface area contributed by atoms with E-state index in [-0.39, 0.29) is 22.8 Å². The molecule has 0 atom stereocenters. The molecule has 0 aliphatic heterocycles. The number of hydrogen-bond acceptors (Lipinski definition) is 9. The molecule has 0 unspecified atom stereocenters. The van der Waals surface area contributed by atoms with Crippen LogP contribution in [0.25, 0.3) is 10.2 Å². The van der Waals surface area contributed by atoms with Gasteiger partial charge in [0.15, 0.2) is 0 Å². The predicted octanol–water partition coefficient (Wildman–Crippen LogP) is 2.26. The van der Waals surface area contributed by atoms with E-state index in [4.69, 9.17) is 10.6 Å². The number of rotatable bonds is 6. The minimum atomic E-state index is -4.03. The summed E-state index contributed by atoms with van der Waals surface area (Å²) in [6.07, 6.45) is 1.22. The quantitative estimate of drug-likeness (QED) is 0.452. The molecule has 3 aromatic rings. The van der Waals surface area contributed by atoms with Crippen molar-refractivity contribution in [1.29, 1.82) is 0 Å². The fourth-order valence-corrected chi connectivity index (χ4v) is 4.73. The van der Waals surface area contributed by atoms with Crippen molar-refractivity contribution in [3.63, 3.8) is 0 Å². The van der Waals surface area contributed by atoms with E-state index in [0.29, 0.717) is 21.7 Å². The molecule has 2 heterocycles. The zero-order chi connectivity index (χ0) is 21.9. The van der Waals surface area contributed by atoms with Crippen molar-refractivity contribution in [1.82, 2.24) is 9.36 Å². The third kappa shape index (κ3) is 3.93. The number of carbonyl (C=O) groups is 1. The van der Waals surface area contributed by atoms with Crippen LogP contribution in [0.2, 0.25) is 0 Å². The molecule has 0 saturated heterocycles. The second-order valence-corrected chi connectivity index (χ2v) is 8.75. The molecule has 2 N–H and O–H groups in total. The summed E-state index contributed by atoms with van der Waals surface area (Å²) < 4.78 is 37.2. The van der Waals surface area contributed by atoms with E-state index in [0.717, 1.165) is 15.8 Å². The van der Waals surface area contributed by atoms with E-state index in [9.17, 15) is 13.2 Å². The topological polar surface area (TPSA) is 125 Å². The van der Waals surface area contributed by atoms with Gasteiger partial charge in [0.1, 0.15) is 22.8 Å². The molecule has 156 valence electrons. The summed E-state index contributed by atoms with van der Waals surface area (Å²) in [4.78, 5) is 21.2. The number of anilines is 1. The molecule has 9 nitrogen and oxygen atoms in total. The number of aryl methyl sites for hydroxylation is 1. The van der Waals surface area contributed by atoms with Crippen LogP contribution in [-0.2, 0) is 14.9 Å². The van der Waals surface area contributed by atoms with Crippen molar-refractivity contribution in [2.24, 2.45) is 5.90 Å². The Morgan fingerprint density at radius 1 is 1.30 bits per heavy atom. The van der Waals surface area contributed by atoms with Gasteiger partial charge in [-0.2, -0.15) is 10.3 Å². The second-order valence-electron chi connectivity index (χ2n) is 6.03. The minimum absolute atomic E-state index is 0.0109. The monoisotopic (exact) mass is 446 g/mol. The number of carbonyl (C=O) groups excluding carboxylic acids is 1. The lowest BCUT2D eigenvalue weighted by molar-refractivity contribution is 0.0504. The summed E-state index contributed by atoms with van der Waals surface area (Å²) in [6.45, 7) is 3.60. The van der Waals surface area contributed by atoms with Gasteiger partial charge in [0.05, 0.1) is 21.7 Å². The van der Waals surface area contributed by atoms with Gasteiger partial charge >= 0.3 is 5.97 Å². The molecule has 0 saturated carbocycles. The molecule has 0 aliphatic rings. The van der Waals surface area contributed by atoms with E-state index in [1.165, 1.54) is 37.5 Å². The number of nitrogens with zero attached hydrogens (tertiary/aromatic N) is 3. The first kappa shape index (κ1) is 21.5. The number of sulfonamides is 1. The Morgan fingerprint density at radius 2 is 2.00 bits per heavy atom. The van der Waals surface area contributed by atoms with E-state index in [2.05, 4.69) is 26.0 Å². The van der Waals surface area contributed by atoms with Crippen LogP contribution in [-0.4, -0.2) is 37.4 Å². The maximum absolute atomic E-state index is 13.3. The van der Waals surface area contributed by atoms with Gasteiger partial charge in [-0.1, -0.05) is 5.92 Å². The number of ether oxygens (including phenoxy) is 1. The summed E-state index contributed by atoms with van der Waals surface area (Å²) in [6, 6.07) is 5.90. The Bertz CT molecular complexity index is 1260. The number of hydrogen-bond donors (Lipinski definition) is 1. The molecule has 30 heavy (non-hydrogen) atoms. The number of aromatic nitrogens is 2. The Labute approximate surface area is 177 Å². The highest BCUT2D eigenvalue weighted by molar-refractivity contribution is 7.92. The summed E-state index contributed by atoms with van der Waals surface area (Å²) in [5, 5.41) is 0.437. The standard InChI is InChI=1S/C19H18N4O5S2/c1-4-5-10-27-13-6-8-14(9-7-13)30(25,26)23(3)17-15(19(24)28-20)11-21-18-16(17)12(2)22-29-18/h6-9,11H,10,20H2,1-3H3. The first-order chi connectivity index (χ1) is 14.3. The van der Waals surface area contributed by atoms with Gasteiger partial charge in [0, 0.05) is 13.2 Å². The third-order valence-electron chi connectivity index (χ3n) is 4.26. The highest BCUT2D eigenvalue weighted by Crippen LogP contribution is 2.36. The second kappa shape index (κ2) is 8.66. The molecular weight excluding hydrogens is 428 g/mol. The van der Waals surface area contributed by atoms with Crippen LogP contribution in [0.1, 0.15) is 23.0 Å². The van der Waals surface area contributed by atoms with Crippen LogP contribution in [0.5, 0.6) is 5.75 Å². The lowest BCUT2D eigenvalue weighted by Crippen LogP contribution is -2.29. The lowest BCUT2D eigenvalue weighted by Gasteiger charge is -2.22. The minimum Gasteiger partial charge on any atom is -0.481 e. The van der Waals surface area contributed by atoms with E-state index in [1.54, 1.807) is 13.8 Å². The highest BCUT2D eigenvalue weighted by Gasteiger charge is 2.29. The van der Waals surface area contributed by atoms with Crippen LogP contribution >= 0.6 is 11.5 Å². The van der Waals surface area contributed by atoms with Crippen LogP contribution in [0.15, 0.2) is 35.4 Å². The average molecular weight is 447 g/mol. The SMILES string of the molecule is CC#CCOc1ccc(S(=O)(=O)N(C)c2c(C(=O)ON)cnc3snc(C)c23)cc1. The van der Waals surface area contributed by atoms with Gasteiger partial charge in [-0.15, -0.1) is 5.92 Å². The first-order valence-electron chi connectivity index (χ1n) is 8.58. The molecule has 0 aliphatic carbocycles. The molecule has 3 rings (SSSR count). The number of pyridine rings is 1. The summed E-state index contributed by atoms with van der Waals surface area (Å²) >= 11 is 1.10. The Hall–Kier alpha value is -3.20. The highest BCUT2D eigenvalue weighted by atomic mass is 32.2. The lowest BCUT2D eigenvalue weighted by atomic mass is 10.1. The number of fused-ring (bicyclic) bond motifs is 1. The molecule has 0 amide bonds. The van der Waals surface area contributed by atoms with Gasteiger partial charge in [-0.3, -0.25) is 4.31 Å². The van der Waals surface area contributed by atoms with Gasteiger partial charge in [-0.05, 0) is 49.6 Å². The zero-order valence-corrected chi connectivity index (χ0v) is 18.0. The van der Waals surface area contributed by atoms with Crippen molar-refractivity contribution < 1.29 is 22.8 Å². The van der Waals surface area contributed by atoms with Crippen LogP contribution in [0.3, 0.4) is 0 Å². The molecule has 0 bridgehead atoms. The molecular formula is C19H18N4O5S2. The fraction of sp³-hybridized carbons (Fsp3) is 0.211. The first-order valence-corrected chi connectivity index (χ1v) is 10.8. The summed E-state index contributed by atoms with van der Waals surface area (Å²) in [7, 11) is -2.69. The third-order valence-corrected chi connectivity index (χ3v) is 6.88. The maximum Gasteiger partial charge on any atom is 0.360 e. The van der Waals surface area contributed by atoms with E-state index < -0.39 is 16.0 Å². The van der Waals surface area contributed by atoms with Gasteiger partial charge in [0.25, 0.3) is 10.0 Å². The van der Waals surface area contributed by atoms with Crippen LogP contribution in [0.4, 0.5) is 5.69 Å². The fourth-order valence-electron chi connectivity index (χ4n) is 2.76. The molecule has 0 fully saturated rings. The van der Waals surface area contributed by atoms with E-state index >= 15 is 0 Å². The van der Waals surface area contributed by atoms with Crippen molar-refractivity contribution >= 4 is 43.4 Å². The van der Waals surface area contributed by atoms with Crippen molar-refractivity contribution in [2.75, 3.05) is 18.0 Å². The maximum atomic E-state index is 13.3. The van der Waals surface area contributed by atoms with Gasteiger partial charge in [-0.25, -0.2) is 18.2 Å². The zero-order valence-electron chi connectivity index (χ0n) is 16.4. The van der Waals surface area contributed by atoms with Crippen LogP contribution < -0.4 is 14.9 Å². The van der Waals surface area contributed by atoms with E-state index in [1.807, 2.05) is 0 Å². The normalized spacial score (nSPS) is 10.9. The smallest absolute Gasteiger partial charge is 0.360 e. The van der Waals surface area contributed by atoms with Crippen molar-refractivity contribution in [2.45, 2.75) is 18.7 Å². The molecule has 0 spiro atoms. The van der Waals surface area contributed by atoms with Gasteiger partial charge in [0.2, 0.25) is 0 Å². The van der Waals surface area contributed by atoms with Crippen LogP contribution in [0, 0.1) is 18.8 Å². The largest absolute Gasteiger partial charge is 0.481 e. The molecule has 11 heteroatoms. The van der Waals surface area contributed by atoms with Gasteiger partial charge < -0.3 is 9.57 Å². The Morgan fingerprint density at radius 3 is 2.63 bits per heavy atom. The Balaban J connectivity index is 2.07. The number of nitrogens with two attached hydrogens (primary N) is 1. The Kier molecular flexibility index (Phi) is 6.21. The summed E-state index contributed by atoms with van der Waals surface area (Å²) in [5.74, 6) is 10.1. The predicted molar refractivity (Wildman–Crippen MR) is 113 cm³/mol.